The van der Waals surface area contributed by atoms with Crippen molar-refractivity contribution in [3.05, 3.63) is 29.8 Å². The van der Waals surface area contributed by atoms with Gasteiger partial charge < -0.3 is 0 Å². The van der Waals surface area contributed by atoms with Crippen molar-refractivity contribution in [3.63, 3.8) is 0 Å². The molecule has 2 aliphatic heterocycles. The molecular formula is C15H21ClN2O2S. The van der Waals surface area contributed by atoms with E-state index in [0.29, 0.717) is 29.9 Å². The van der Waals surface area contributed by atoms with E-state index in [2.05, 4.69) is 4.90 Å². The summed E-state index contributed by atoms with van der Waals surface area (Å²) in [4.78, 5) is 2.81. The van der Waals surface area contributed by atoms with Crippen LogP contribution in [0.5, 0.6) is 0 Å². The van der Waals surface area contributed by atoms with Gasteiger partial charge in [0, 0.05) is 31.6 Å². The lowest BCUT2D eigenvalue weighted by Crippen LogP contribution is -2.51. The number of sulfonamides is 1. The Kier molecular flexibility index (Phi) is 4.54. The molecule has 2 saturated heterocycles. The zero-order valence-corrected chi connectivity index (χ0v) is 13.6. The second-order valence-corrected chi connectivity index (χ2v) is 8.09. The van der Waals surface area contributed by atoms with Crippen molar-refractivity contribution in [2.24, 2.45) is 0 Å². The van der Waals surface area contributed by atoms with Crippen LogP contribution in [-0.2, 0) is 16.4 Å². The van der Waals surface area contributed by atoms with Gasteiger partial charge in [0.25, 0.3) is 0 Å². The summed E-state index contributed by atoms with van der Waals surface area (Å²) in [6.07, 6.45) is 3.06. The Hall–Kier alpha value is -0.620. The van der Waals surface area contributed by atoms with Crippen LogP contribution >= 0.6 is 11.6 Å². The predicted molar refractivity (Wildman–Crippen MR) is 84.2 cm³/mol. The Labute approximate surface area is 131 Å². The third kappa shape index (κ3) is 3.11. The van der Waals surface area contributed by atoms with E-state index in [1.807, 2.05) is 12.1 Å². The van der Waals surface area contributed by atoms with Crippen molar-refractivity contribution in [3.8, 4) is 0 Å². The van der Waals surface area contributed by atoms with Gasteiger partial charge in [-0.2, -0.15) is 4.31 Å². The Balaban J connectivity index is 1.76. The number of piperazine rings is 1. The first kappa shape index (κ1) is 15.3. The molecule has 1 atom stereocenters. The zero-order valence-electron chi connectivity index (χ0n) is 12.0. The number of fused-ring (bicyclic) bond motifs is 1. The van der Waals surface area contributed by atoms with Crippen molar-refractivity contribution in [1.29, 1.82) is 0 Å². The minimum atomic E-state index is -3.36. The van der Waals surface area contributed by atoms with Gasteiger partial charge in [0.05, 0.1) is 4.90 Å². The molecule has 6 heteroatoms. The number of alkyl halides is 1. The molecule has 0 aliphatic carbocycles. The van der Waals surface area contributed by atoms with Gasteiger partial charge in [-0.05, 0) is 43.5 Å². The smallest absolute Gasteiger partial charge is 0.243 e. The van der Waals surface area contributed by atoms with Crippen molar-refractivity contribution in [2.45, 2.75) is 30.2 Å². The maximum Gasteiger partial charge on any atom is 0.243 e. The molecule has 21 heavy (non-hydrogen) atoms. The number of aryl methyl sites for hydroxylation is 1. The highest BCUT2D eigenvalue weighted by Crippen LogP contribution is 2.25. The fourth-order valence-electron chi connectivity index (χ4n) is 3.27. The van der Waals surface area contributed by atoms with E-state index >= 15 is 0 Å². The minimum absolute atomic E-state index is 0.396. The van der Waals surface area contributed by atoms with Crippen LogP contribution in [-0.4, -0.2) is 55.7 Å². The molecule has 3 rings (SSSR count). The SMILES string of the molecule is O=S(=O)(c1ccc(CCCl)cc1)N1CCN2CCCC2C1. The molecular weight excluding hydrogens is 308 g/mol. The van der Waals surface area contributed by atoms with Gasteiger partial charge in [-0.1, -0.05) is 12.1 Å². The molecule has 0 spiro atoms. The van der Waals surface area contributed by atoms with E-state index in [1.165, 1.54) is 6.42 Å². The summed E-state index contributed by atoms with van der Waals surface area (Å²) in [5.41, 5.74) is 1.07. The highest BCUT2D eigenvalue weighted by Gasteiger charge is 2.36. The average Bonchev–Trinajstić information content (AvgIpc) is 2.95. The summed E-state index contributed by atoms with van der Waals surface area (Å²) in [6.45, 7) is 3.20. The van der Waals surface area contributed by atoms with Gasteiger partial charge in [0.15, 0.2) is 0 Å². The topological polar surface area (TPSA) is 40.6 Å². The second kappa shape index (κ2) is 6.24. The highest BCUT2D eigenvalue weighted by molar-refractivity contribution is 7.89. The normalized spacial score (nSPS) is 24.1. The van der Waals surface area contributed by atoms with E-state index in [0.717, 1.165) is 31.5 Å². The molecule has 2 fully saturated rings. The van der Waals surface area contributed by atoms with Crippen molar-refractivity contribution < 1.29 is 8.42 Å². The molecule has 2 heterocycles. The Morgan fingerprint density at radius 3 is 2.62 bits per heavy atom. The van der Waals surface area contributed by atoms with E-state index in [4.69, 9.17) is 11.6 Å². The summed E-state index contributed by atoms with van der Waals surface area (Å²) >= 11 is 5.71. The lowest BCUT2D eigenvalue weighted by atomic mass is 10.2. The van der Waals surface area contributed by atoms with Gasteiger partial charge in [-0.15, -0.1) is 11.6 Å². The molecule has 0 radical (unpaired) electrons. The quantitative estimate of drug-likeness (QED) is 0.793. The summed E-state index contributed by atoms with van der Waals surface area (Å²) in [6, 6.07) is 7.54. The first-order chi connectivity index (χ1) is 10.1. The number of rotatable bonds is 4. The molecule has 2 aliphatic rings. The van der Waals surface area contributed by atoms with E-state index in [9.17, 15) is 8.42 Å². The molecule has 116 valence electrons. The number of halogens is 1. The van der Waals surface area contributed by atoms with Gasteiger partial charge in [-0.3, -0.25) is 4.90 Å². The maximum atomic E-state index is 12.7. The third-order valence-corrected chi connectivity index (χ3v) is 6.56. The number of benzene rings is 1. The van der Waals surface area contributed by atoms with Crippen molar-refractivity contribution >= 4 is 21.6 Å². The van der Waals surface area contributed by atoms with Crippen LogP contribution in [0.1, 0.15) is 18.4 Å². The fourth-order valence-corrected chi connectivity index (χ4v) is 4.95. The summed E-state index contributed by atoms with van der Waals surface area (Å²) in [7, 11) is -3.36. The predicted octanol–water partition coefficient (Wildman–Crippen LogP) is 1.94. The molecule has 1 aromatic rings. The van der Waals surface area contributed by atoms with Crippen molar-refractivity contribution in [1.82, 2.24) is 9.21 Å². The molecule has 0 bridgehead atoms. The summed E-state index contributed by atoms with van der Waals surface area (Å²) in [5, 5.41) is 0. The van der Waals surface area contributed by atoms with E-state index in [-0.39, 0.29) is 0 Å². The average molecular weight is 329 g/mol. The van der Waals surface area contributed by atoms with Gasteiger partial charge in [0.2, 0.25) is 10.0 Å². The Morgan fingerprint density at radius 1 is 1.14 bits per heavy atom. The van der Waals surface area contributed by atoms with Crippen molar-refractivity contribution in [2.75, 3.05) is 32.1 Å². The van der Waals surface area contributed by atoms with Crippen LogP contribution in [0.2, 0.25) is 0 Å². The largest absolute Gasteiger partial charge is 0.298 e. The maximum absolute atomic E-state index is 12.7. The fraction of sp³-hybridized carbons (Fsp3) is 0.600. The molecule has 1 unspecified atom stereocenters. The third-order valence-electron chi connectivity index (χ3n) is 4.49. The summed E-state index contributed by atoms with van der Waals surface area (Å²) < 4.78 is 27.1. The summed E-state index contributed by atoms with van der Waals surface area (Å²) in [5.74, 6) is 0.551. The minimum Gasteiger partial charge on any atom is -0.298 e. The lowest BCUT2D eigenvalue weighted by Gasteiger charge is -2.36. The van der Waals surface area contributed by atoms with Crippen LogP contribution in [0, 0.1) is 0 Å². The molecule has 0 saturated carbocycles. The first-order valence-electron chi connectivity index (χ1n) is 7.50. The van der Waals surface area contributed by atoms with Gasteiger partial charge in [0.1, 0.15) is 0 Å². The monoisotopic (exact) mass is 328 g/mol. The van der Waals surface area contributed by atoms with E-state index in [1.54, 1.807) is 16.4 Å². The lowest BCUT2D eigenvalue weighted by molar-refractivity contribution is 0.158. The first-order valence-corrected chi connectivity index (χ1v) is 9.48. The van der Waals surface area contributed by atoms with Crippen LogP contribution in [0.4, 0.5) is 0 Å². The number of nitrogens with zero attached hydrogens (tertiary/aromatic N) is 2. The van der Waals surface area contributed by atoms with Gasteiger partial charge in [-0.25, -0.2) is 8.42 Å². The Bertz CT molecular complexity index is 588. The highest BCUT2D eigenvalue weighted by atomic mass is 35.5. The van der Waals surface area contributed by atoms with Crippen LogP contribution in [0.25, 0.3) is 0 Å². The zero-order chi connectivity index (χ0) is 14.9. The standard InChI is InChI=1S/C15H21ClN2O2S/c16-8-7-13-3-5-15(6-4-13)21(19,20)18-11-10-17-9-1-2-14(17)12-18/h3-6,14H,1-2,7-12H2. The van der Waals surface area contributed by atoms with E-state index < -0.39 is 10.0 Å². The van der Waals surface area contributed by atoms with Gasteiger partial charge >= 0.3 is 0 Å². The number of hydrogen-bond acceptors (Lipinski definition) is 3. The molecule has 0 amide bonds. The van der Waals surface area contributed by atoms with Crippen LogP contribution in [0.15, 0.2) is 29.2 Å². The molecule has 4 nitrogen and oxygen atoms in total. The molecule has 0 aromatic heterocycles. The second-order valence-electron chi connectivity index (χ2n) is 5.78. The molecule has 0 N–H and O–H groups in total. The van der Waals surface area contributed by atoms with Crippen LogP contribution in [0.3, 0.4) is 0 Å². The number of hydrogen-bond donors (Lipinski definition) is 0. The molecule has 1 aromatic carbocycles. The Morgan fingerprint density at radius 2 is 1.90 bits per heavy atom. The van der Waals surface area contributed by atoms with Crippen LogP contribution < -0.4 is 0 Å².